The average Bonchev–Trinajstić information content (AvgIpc) is 3.79. The van der Waals surface area contributed by atoms with Gasteiger partial charge in [0.1, 0.15) is 11.9 Å². The van der Waals surface area contributed by atoms with Crippen molar-refractivity contribution < 1.29 is 28.7 Å². The van der Waals surface area contributed by atoms with E-state index in [1.165, 1.54) is 0 Å². The minimum absolute atomic E-state index is 0.0155. The Labute approximate surface area is 291 Å². The number of H-pyrrole nitrogens is 1. The normalized spacial score (nSPS) is 18.3. The van der Waals surface area contributed by atoms with E-state index in [4.69, 9.17) is 15.2 Å². The van der Waals surface area contributed by atoms with Crippen LogP contribution in [-0.4, -0.2) is 108 Å². The SMILES string of the molecule is CC[C@H](C)[C@@H]([C@@H](CC(=O)N1CCC[C@H]1[C@H](OC)[C@@H](C)C(=O)NCCc1ncc[nH]1)OC)N(C)C(=O)[C@@H](NC(=O)c1ccc(N)cc1)C(C)C. The number of aromatic nitrogens is 2. The lowest BCUT2D eigenvalue weighted by Crippen LogP contribution is -2.57. The third kappa shape index (κ3) is 10.3. The summed E-state index contributed by atoms with van der Waals surface area (Å²) in [5, 5.41) is 5.88. The molecule has 5 N–H and O–H groups in total. The van der Waals surface area contributed by atoms with Crippen molar-refractivity contribution in [3.63, 3.8) is 0 Å². The summed E-state index contributed by atoms with van der Waals surface area (Å²) in [6, 6.07) is 5.01. The monoisotopic (exact) mass is 683 g/mol. The summed E-state index contributed by atoms with van der Waals surface area (Å²) in [6.45, 7) is 10.6. The number of hydrogen-bond acceptors (Lipinski definition) is 8. The van der Waals surface area contributed by atoms with Crippen molar-refractivity contribution in [2.45, 2.75) is 97.1 Å². The largest absolute Gasteiger partial charge is 0.399 e. The second kappa shape index (κ2) is 18.7. The van der Waals surface area contributed by atoms with E-state index in [1.807, 2.05) is 39.5 Å². The standard InChI is InChI=1S/C36H57N7O6/c1-9-23(4)32(42(6)36(47)31(22(2)3)41-35(46)25-12-14-26(37)15-13-25)28(48-7)21-30(44)43-20-10-11-27(43)33(49-8)24(5)34(45)40-17-16-29-38-18-19-39-29/h12-15,18-19,22-24,27-28,31-33H,9-11,16-17,20-21,37H2,1-8H3,(H,38,39)(H,40,45)(H,41,46)/t23-,24+,27-,28+,31-,32-,33+/m0/s1. The summed E-state index contributed by atoms with van der Waals surface area (Å²) in [4.78, 5) is 65.0. The van der Waals surface area contributed by atoms with Crippen LogP contribution in [-0.2, 0) is 30.3 Å². The number of carbonyl (C=O) groups is 4. The van der Waals surface area contributed by atoms with Crippen LogP contribution in [0.3, 0.4) is 0 Å². The van der Waals surface area contributed by atoms with Crippen molar-refractivity contribution in [1.82, 2.24) is 30.4 Å². The van der Waals surface area contributed by atoms with Crippen LogP contribution >= 0.6 is 0 Å². The Bertz CT molecular complexity index is 1350. The fourth-order valence-electron chi connectivity index (χ4n) is 6.80. The van der Waals surface area contributed by atoms with Gasteiger partial charge in [-0.1, -0.05) is 41.0 Å². The summed E-state index contributed by atoms with van der Waals surface area (Å²) in [5.74, 6) is -0.808. The summed E-state index contributed by atoms with van der Waals surface area (Å²) in [7, 11) is 4.85. The molecule has 3 rings (SSSR count). The van der Waals surface area contributed by atoms with Crippen LogP contribution < -0.4 is 16.4 Å². The smallest absolute Gasteiger partial charge is 0.251 e. The molecular weight excluding hydrogens is 626 g/mol. The molecule has 13 nitrogen and oxygen atoms in total. The van der Waals surface area contributed by atoms with Crippen molar-refractivity contribution in [2.75, 3.05) is 40.1 Å². The van der Waals surface area contributed by atoms with Crippen molar-refractivity contribution >= 4 is 29.3 Å². The molecule has 1 fully saturated rings. The molecule has 1 aromatic carbocycles. The zero-order chi connectivity index (χ0) is 36.2. The van der Waals surface area contributed by atoms with E-state index in [0.29, 0.717) is 37.2 Å². The number of likely N-dealkylation sites (tertiary alicyclic amines) is 1. The van der Waals surface area contributed by atoms with Gasteiger partial charge in [0.2, 0.25) is 17.7 Å². The van der Waals surface area contributed by atoms with E-state index in [1.54, 1.807) is 62.8 Å². The lowest BCUT2D eigenvalue weighted by molar-refractivity contribution is -0.146. The van der Waals surface area contributed by atoms with Gasteiger partial charge in [-0.2, -0.15) is 0 Å². The van der Waals surface area contributed by atoms with Crippen molar-refractivity contribution in [3.05, 3.63) is 48.0 Å². The van der Waals surface area contributed by atoms with E-state index in [2.05, 4.69) is 20.6 Å². The zero-order valence-corrected chi connectivity index (χ0v) is 30.4. The number of aromatic amines is 1. The van der Waals surface area contributed by atoms with Crippen LogP contribution in [0.4, 0.5) is 5.69 Å². The van der Waals surface area contributed by atoms with Crippen LogP contribution in [0.15, 0.2) is 36.7 Å². The summed E-state index contributed by atoms with van der Waals surface area (Å²) < 4.78 is 11.9. The molecule has 2 aromatic rings. The molecule has 4 amide bonds. The number of benzene rings is 1. The van der Waals surface area contributed by atoms with Gasteiger partial charge in [-0.05, 0) is 48.9 Å². The number of amides is 4. The second-order valence-electron chi connectivity index (χ2n) is 13.5. The zero-order valence-electron chi connectivity index (χ0n) is 30.4. The lowest BCUT2D eigenvalue weighted by Gasteiger charge is -2.40. The number of methoxy groups -OCH3 is 2. The molecule has 0 bridgehead atoms. The highest BCUT2D eigenvalue weighted by atomic mass is 16.5. The summed E-state index contributed by atoms with van der Waals surface area (Å²) in [6.07, 6.45) is 5.18. The highest BCUT2D eigenvalue weighted by Crippen LogP contribution is 2.29. The molecule has 13 heteroatoms. The highest BCUT2D eigenvalue weighted by molar-refractivity contribution is 5.98. The highest BCUT2D eigenvalue weighted by Gasteiger charge is 2.42. The van der Waals surface area contributed by atoms with E-state index >= 15 is 0 Å². The Morgan fingerprint density at radius 2 is 1.80 bits per heavy atom. The molecule has 2 heterocycles. The van der Waals surface area contributed by atoms with Crippen LogP contribution in [0.2, 0.25) is 0 Å². The number of nitrogen functional groups attached to an aromatic ring is 1. The third-order valence-electron chi connectivity index (χ3n) is 9.87. The average molecular weight is 684 g/mol. The third-order valence-corrected chi connectivity index (χ3v) is 9.87. The molecule has 1 saturated heterocycles. The van der Waals surface area contributed by atoms with Crippen LogP contribution in [0.5, 0.6) is 0 Å². The Kier molecular flexibility index (Phi) is 15.1. The molecule has 1 aliphatic heterocycles. The van der Waals surface area contributed by atoms with Crippen molar-refractivity contribution in [1.29, 1.82) is 0 Å². The maximum absolute atomic E-state index is 14.1. The second-order valence-corrected chi connectivity index (χ2v) is 13.5. The first-order valence-corrected chi connectivity index (χ1v) is 17.4. The minimum Gasteiger partial charge on any atom is -0.399 e. The molecule has 1 aromatic heterocycles. The molecule has 0 unspecified atom stereocenters. The fraction of sp³-hybridized carbons (Fsp3) is 0.639. The maximum Gasteiger partial charge on any atom is 0.251 e. The van der Waals surface area contributed by atoms with Crippen LogP contribution in [0, 0.1) is 17.8 Å². The molecule has 0 aliphatic carbocycles. The van der Waals surface area contributed by atoms with Gasteiger partial charge in [-0.3, -0.25) is 19.2 Å². The van der Waals surface area contributed by atoms with E-state index in [-0.39, 0.29) is 47.9 Å². The van der Waals surface area contributed by atoms with Crippen LogP contribution in [0.25, 0.3) is 0 Å². The predicted octanol–water partition coefficient (Wildman–Crippen LogP) is 3.03. The Hall–Kier alpha value is -3.97. The molecule has 7 atom stereocenters. The van der Waals surface area contributed by atoms with Gasteiger partial charge in [0.05, 0.1) is 36.6 Å². The minimum atomic E-state index is -0.799. The number of anilines is 1. The molecule has 49 heavy (non-hydrogen) atoms. The lowest BCUT2D eigenvalue weighted by atomic mass is 9.89. The number of hydrogen-bond donors (Lipinski definition) is 4. The van der Waals surface area contributed by atoms with Crippen molar-refractivity contribution in [2.24, 2.45) is 17.8 Å². The first kappa shape index (κ1) is 39.5. The fourth-order valence-corrected chi connectivity index (χ4v) is 6.80. The number of nitrogens with one attached hydrogen (secondary N) is 3. The first-order valence-electron chi connectivity index (χ1n) is 17.4. The summed E-state index contributed by atoms with van der Waals surface area (Å²) in [5.41, 5.74) is 6.73. The van der Waals surface area contributed by atoms with Gasteiger partial charge in [-0.15, -0.1) is 0 Å². The van der Waals surface area contributed by atoms with E-state index in [9.17, 15) is 19.2 Å². The number of nitrogens with two attached hydrogens (primary N) is 1. The predicted molar refractivity (Wildman–Crippen MR) is 188 cm³/mol. The number of rotatable bonds is 18. The summed E-state index contributed by atoms with van der Waals surface area (Å²) >= 11 is 0. The Balaban J connectivity index is 1.73. The quantitative estimate of drug-likeness (QED) is 0.174. The number of ether oxygens (including phenoxy) is 2. The number of imidazole rings is 1. The molecule has 272 valence electrons. The number of likely N-dealkylation sites (N-methyl/N-ethyl adjacent to an activating group) is 1. The molecule has 0 radical (unpaired) electrons. The van der Waals surface area contributed by atoms with Crippen molar-refractivity contribution in [3.8, 4) is 0 Å². The van der Waals surface area contributed by atoms with Gasteiger partial charge in [0.15, 0.2) is 0 Å². The van der Waals surface area contributed by atoms with Gasteiger partial charge in [0.25, 0.3) is 5.91 Å². The molecular formula is C36H57N7O6. The first-order chi connectivity index (χ1) is 23.3. The molecule has 0 spiro atoms. The Morgan fingerprint density at radius 1 is 1.10 bits per heavy atom. The van der Waals surface area contributed by atoms with Gasteiger partial charge in [-0.25, -0.2) is 4.98 Å². The number of nitrogens with zero attached hydrogens (tertiary/aromatic N) is 3. The topological polar surface area (TPSA) is 172 Å². The molecule has 1 aliphatic rings. The maximum atomic E-state index is 14.1. The van der Waals surface area contributed by atoms with Crippen LogP contribution in [0.1, 0.15) is 76.5 Å². The number of carbonyl (C=O) groups excluding carboxylic acids is 4. The van der Waals surface area contributed by atoms with E-state index < -0.39 is 30.2 Å². The van der Waals surface area contributed by atoms with Gasteiger partial charge in [0, 0.05) is 64.4 Å². The van der Waals surface area contributed by atoms with E-state index in [0.717, 1.165) is 18.7 Å². The Morgan fingerprint density at radius 3 is 2.37 bits per heavy atom. The van der Waals surface area contributed by atoms with Gasteiger partial charge < -0.3 is 40.6 Å². The van der Waals surface area contributed by atoms with Gasteiger partial charge >= 0.3 is 0 Å². The molecule has 0 saturated carbocycles.